The largest absolute Gasteiger partial charge is 0.466 e. The van der Waals surface area contributed by atoms with Gasteiger partial charge in [-0.2, -0.15) is 0 Å². The third kappa shape index (κ3) is 22.6. The lowest BCUT2D eigenvalue weighted by atomic mass is 9.74. The Morgan fingerprint density at radius 3 is 1.38 bits per heavy atom. The number of hydrogen-bond acceptors (Lipinski definition) is 4. The van der Waals surface area contributed by atoms with Crippen LogP contribution in [0.25, 0.3) is 0 Å². The Hall–Kier alpha value is -1.06. The first-order valence-corrected chi connectivity index (χ1v) is 17.4. The van der Waals surface area contributed by atoms with E-state index in [1.165, 1.54) is 64.2 Å². The molecule has 0 N–H and O–H groups in total. The molecule has 40 heavy (non-hydrogen) atoms. The number of carbonyl (C=O) groups is 2. The summed E-state index contributed by atoms with van der Waals surface area (Å²) in [4.78, 5) is 24.9. The van der Waals surface area contributed by atoms with Gasteiger partial charge in [-0.1, -0.05) is 139 Å². The summed E-state index contributed by atoms with van der Waals surface area (Å²) >= 11 is 0. The van der Waals surface area contributed by atoms with Crippen molar-refractivity contribution in [1.29, 1.82) is 0 Å². The maximum absolute atomic E-state index is 13.0. The fourth-order valence-electron chi connectivity index (χ4n) is 5.77. The van der Waals surface area contributed by atoms with Crippen molar-refractivity contribution >= 4 is 11.9 Å². The Morgan fingerprint density at radius 1 is 0.475 bits per heavy atom. The highest BCUT2D eigenvalue weighted by Gasteiger charge is 2.33. The first-order chi connectivity index (χ1) is 19.1. The molecule has 0 fully saturated rings. The molecule has 2 unspecified atom stereocenters. The minimum Gasteiger partial charge on any atom is -0.466 e. The van der Waals surface area contributed by atoms with Gasteiger partial charge >= 0.3 is 11.9 Å². The third-order valence-electron chi connectivity index (χ3n) is 8.34. The zero-order chi connectivity index (χ0) is 30.2. The first kappa shape index (κ1) is 38.9. The molecule has 0 aliphatic rings. The monoisotopic (exact) mass is 567 g/mol. The van der Waals surface area contributed by atoms with Gasteiger partial charge in [0.2, 0.25) is 0 Å². The number of hydrogen-bond donors (Lipinski definition) is 0. The van der Waals surface area contributed by atoms with Crippen molar-refractivity contribution in [3.05, 3.63) is 0 Å². The van der Waals surface area contributed by atoms with Crippen LogP contribution in [0, 0.1) is 35.5 Å². The molecule has 0 spiro atoms. The lowest BCUT2D eigenvalue weighted by molar-refractivity contribution is -0.153. The highest BCUT2D eigenvalue weighted by Crippen LogP contribution is 2.33. The van der Waals surface area contributed by atoms with E-state index in [2.05, 4.69) is 55.4 Å². The van der Waals surface area contributed by atoms with E-state index in [4.69, 9.17) is 9.47 Å². The second-order valence-corrected chi connectivity index (χ2v) is 13.9. The van der Waals surface area contributed by atoms with Crippen molar-refractivity contribution in [3.8, 4) is 0 Å². The number of ether oxygens (including phenoxy) is 2. The molecule has 0 aromatic rings. The van der Waals surface area contributed by atoms with Gasteiger partial charge < -0.3 is 9.47 Å². The first-order valence-electron chi connectivity index (χ1n) is 17.4. The minimum atomic E-state index is -0.0196. The highest BCUT2D eigenvalue weighted by molar-refractivity contribution is 5.73. The second kappa shape index (κ2) is 25.6. The quantitative estimate of drug-likeness (QED) is 0.0733. The summed E-state index contributed by atoms with van der Waals surface area (Å²) in [6.07, 6.45) is 20.4. The van der Waals surface area contributed by atoms with Crippen LogP contribution in [0.15, 0.2) is 0 Å². The highest BCUT2D eigenvalue weighted by atomic mass is 16.5. The van der Waals surface area contributed by atoms with E-state index in [1.54, 1.807) is 0 Å². The van der Waals surface area contributed by atoms with Gasteiger partial charge in [0.1, 0.15) is 0 Å². The Bertz CT molecular complexity index is 596. The van der Waals surface area contributed by atoms with Crippen LogP contribution in [0.3, 0.4) is 0 Å². The molecule has 0 saturated heterocycles. The van der Waals surface area contributed by atoms with Crippen molar-refractivity contribution < 1.29 is 19.1 Å². The molecule has 0 radical (unpaired) electrons. The summed E-state index contributed by atoms with van der Waals surface area (Å²) in [5.41, 5.74) is 0. The molecule has 2 atom stereocenters. The number of unbranched alkanes of at least 4 members (excludes halogenated alkanes) is 11. The Morgan fingerprint density at radius 2 is 0.900 bits per heavy atom. The molecule has 4 heteroatoms. The van der Waals surface area contributed by atoms with Crippen molar-refractivity contribution in [2.24, 2.45) is 35.5 Å². The summed E-state index contributed by atoms with van der Waals surface area (Å²) in [7, 11) is 0. The lowest BCUT2D eigenvalue weighted by Gasteiger charge is -2.31. The van der Waals surface area contributed by atoms with E-state index in [0.717, 1.165) is 56.8 Å². The SMILES string of the molecule is CC(C)CCCCCOC(=O)CCCCCCCCCCC(C(C)C)C(C(=O)OCCCCCC(C)C)C(C)C. The van der Waals surface area contributed by atoms with Gasteiger partial charge in [-0.25, -0.2) is 0 Å². The number of rotatable bonds is 27. The van der Waals surface area contributed by atoms with Crippen LogP contribution in [0.5, 0.6) is 0 Å². The van der Waals surface area contributed by atoms with Gasteiger partial charge in [-0.05, 0) is 55.3 Å². The van der Waals surface area contributed by atoms with Gasteiger partial charge in [0.25, 0.3) is 0 Å². The molecule has 0 saturated carbocycles. The Labute approximate surface area is 250 Å². The van der Waals surface area contributed by atoms with Gasteiger partial charge in [-0.15, -0.1) is 0 Å². The smallest absolute Gasteiger partial charge is 0.309 e. The van der Waals surface area contributed by atoms with Crippen LogP contribution in [-0.4, -0.2) is 25.2 Å². The zero-order valence-corrected chi connectivity index (χ0v) is 28.2. The van der Waals surface area contributed by atoms with Crippen LogP contribution >= 0.6 is 0 Å². The number of carbonyl (C=O) groups excluding carboxylic acids is 2. The van der Waals surface area contributed by atoms with E-state index in [-0.39, 0.29) is 17.9 Å². The molecule has 0 aliphatic carbocycles. The van der Waals surface area contributed by atoms with Gasteiger partial charge in [0.15, 0.2) is 0 Å². The molecule has 0 bridgehead atoms. The Balaban J connectivity index is 3.98. The maximum Gasteiger partial charge on any atom is 0.309 e. The van der Waals surface area contributed by atoms with E-state index < -0.39 is 0 Å². The molecule has 4 nitrogen and oxygen atoms in total. The van der Waals surface area contributed by atoms with Crippen molar-refractivity contribution in [1.82, 2.24) is 0 Å². The molecule has 238 valence electrons. The van der Waals surface area contributed by atoms with Crippen molar-refractivity contribution in [2.75, 3.05) is 13.2 Å². The van der Waals surface area contributed by atoms with Gasteiger partial charge in [-0.3, -0.25) is 9.59 Å². The van der Waals surface area contributed by atoms with E-state index in [0.29, 0.717) is 37.4 Å². The summed E-state index contributed by atoms with van der Waals surface area (Å²) < 4.78 is 11.2. The predicted octanol–water partition coefficient (Wildman–Crippen LogP) is 11.0. The predicted molar refractivity (Wildman–Crippen MR) is 171 cm³/mol. The molecule has 0 aliphatic heterocycles. The van der Waals surface area contributed by atoms with Crippen molar-refractivity contribution in [3.63, 3.8) is 0 Å². The standard InChI is InChI=1S/C36H70O4/c1-29(2)23-17-15-21-27-39-34(37)26-20-14-12-10-9-11-13-19-25-33(31(5)6)35(32(7)8)36(38)40-28-22-16-18-24-30(3)4/h29-33,35H,9-28H2,1-8H3. The fourth-order valence-corrected chi connectivity index (χ4v) is 5.77. The minimum absolute atomic E-state index is 0.00669. The average molecular weight is 567 g/mol. The Kier molecular flexibility index (Phi) is 25.0. The number of esters is 2. The van der Waals surface area contributed by atoms with Gasteiger partial charge in [0.05, 0.1) is 19.1 Å². The van der Waals surface area contributed by atoms with Crippen LogP contribution < -0.4 is 0 Å². The van der Waals surface area contributed by atoms with Crippen LogP contribution in [0.4, 0.5) is 0 Å². The van der Waals surface area contributed by atoms with Crippen LogP contribution in [0.1, 0.15) is 171 Å². The van der Waals surface area contributed by atoms with E-state index in [1.807, 2.05) is 0 Å². The maximum atomic E-state index is 13.0. The molecule has 0 heterocycles. The van der Waals surface area contributed by atoms with E-state index >= 15 is 0 Å². The summed E-state index contributed by atoms with van der Waals surface area (Å²) in [5, 5.41) is 0. The van der Waals surface area contributed by atoms with Crippen LogP contribution in [-0.2, 0) is 19.1 Å². The molecule has 0 aromatic carbocycles. The van der Waals surface area contributed by atoms with Crippen LogP contribution in [0.2, 0.25) is 0 Å². The lowest BCUT2D eigenvalue weighted by Crippen LogP contribution is -2.33. The fraction of sp³-hybridized carbons (Fsp3) is 0.944. The second-order valence-electron chi connectivity index (χ2n) is 13.9. The molecule has 0 aromatic heterocycles. The average Bonchev–Trinajstić information content (AvgIpc) is 2.87. The summed E-state index contributed by atoms with van der Waals surface area (Å²) in [5.74, 6) is 2.73. The molecule has 0 rings (SSSR count). The third-order valence-corrected chi connectivity index (χ3v) is 8.34. The summed E-state index contributed by atoms with van der Waals surface area (Å²) in [6.45, 7) is 19.1. The molecule has 0 amide bonds. The normalized spacial score (nSPS) is 13.4. The molecular formula is C36H70O4. The van der Waals surface area contributed by atoms with E-state index in [9.17, 15) is 9.59 Å². The zero-order valence-electron chi connectivity index (χ0n) is 28.2. The molecular weight excluding hydrogens is 496 g/mol. The van der Waals surface area contributed by atoms with Crippen molar-refractivity contribution in [2.45, 2.75) is 171 Å². The summed E-state index contributed by atoms with van der Waals surface area (Å²) in [6, 6.07) is 0. The van der Waals surface area contributed by atoms with Gasteiger partial charge in [0, 0.05) is 6.42 Å². The topological polar surface area (TPSA) is 52.6 Å².